The van der Waals surface area contributed by atoms with Crippen molar-refractivity contribution in [2.75, 3.05) is 0 Å². The molecule has 0 aliphatic carbocycles. The number of benzene rings is 2. The van der Waals surface area contributed by atoms with Gasteiger partial charge in [0, 0.05) is 4.90 Å². The minimum Gasteiger partial charge on any atom is -0.508 e. The van der Waals surface area contributed by atoms with Crippen molar-refractivity contribution in [2.24, 2.45) is 0 Å². The molecule has 7 nitrogen and oxygen atoms in total. The Morgan fingerprint density at radius 3 is 2.35 bits per heavy atom. The van der Waals surface area contributed by atoms with Crippen LogP contribution in [0.4, 0.5) is 0 Å². The lowest BCUT2D eigenvalue weighted by molar-refractivity contribution is 0.0697. The van der Waals surface area contributed by atoms with Crippen LogP contribution in [-0.2, 0) is 0 Å². The Balaban J connectivity index is 1.76. The molecule has 0 radical (unpaired) electrons. The van der Waals surface area contributed by atoms with Gasteiger partial charge in [0.05, 0.1) is 11.3 Å². The van der Waals surface area contributed by atoms with Gasteiger partial charge < -0.3 is 10.2 Å². The predicted octanol–water partition coefficient (Wildman–Crippen LogP) is 2.87. The number of aromatic hydroxyl groups is 1. The minimum absolute atomic E-state index is 0.203. The van der Waals surface area contributed by atoms with Gasteiger partial charge in [0.25, 0.3) is 0 Å². The second-order valence-corrected chi connectivity index (χ2v) is 6.56. The number of rotatable bonds is 5. The Hall–Kier alpha value is -2.52. The maximum Gasteiger partial charge on any atom is 0.335 e. The van der Waals surface area contributed by atoms with E-state index in [1.807, 2.05) is 0 Å². The average Bonchev–Trinajstić information content (AvgIpc) is 3.03. The first kappa shape index (κ1) is 15.4. The van der Waals surface area contributed by atoms with E-state index >= 15 is 0 Å². The fourth-order valence-corrected chi connectivity index (χ4v) is 3.58. The van der Waals surface area contributed by atoms with E-state index in [1.165, 1.54) is 38.4 Å². The minimum atomic E-state index is -0.981. The largest absolute Gasteiger partial charge is 0.508 e. The Kier molecular flexibility index (Phi) is 4.49. The van der Waals surface area contributed by atoms with Crippen LogP contribution in [-0.4, -0.2) is 36.4 Å². The first-order chi connectivity index (χ1) is 11.1. The van der Waals surface area contributed by atoms with Gasteiger partial charge >= 0.3 is 5.97 Å². The van der Waals surface area contributed by atoms with Gasteiger partial charge in [-0.05, 0) is 80.5 Å². The normalized spacial score (nSPS) is 10.6. The number of nitrogens with zero attached hydrogens (tertiary/aromatic N) is 4. The molecule has 0 spiro atoms. The zero-order valence-corrected chi connectivity index (χ0v) is 13.2. The van der Waals surface area contributed by atoms with Gasteiger partial charge in [0.15, 0.2) is 0 Å². The first-order valence-corrected chi connectivity index (χ1v) is 8.54. The molecule has 1 aromatic heterocycles. The summed E-state index contributed by atoms with van der Waals surface area (Å²) in [4.78, 5) is 11.8. The second kappa shape index (κ2) is 6.71. The number of hydrogen-bond donors (Lipinski definition) is 2. The Morgan fingerprint density at radius 1 is 1.00 bits per heavy atom. The van der Waals surface area contributed by atoms with E-state index in [9.17, 15) is 9.90 Å². The van der Waals surface area contributed by atoms with Crippen molar-refractivity contribution < 1.29 is 15.0 Å². The molecule has 9 heteroatoms. The van der Waals surface area contributed by atoms with Crippen molar-refractivity contribution in [1.82, 2.24) is 20.2 Å². The van der Waals surface area contributed by atoms with Crippen molar-refractivity contribution >= 4 is 27.6 Å². The van der Waals surface area contributed by atoms with Gasteiger partial charge in [-0.15, -0.1) is 5.10 Å². The number of aromatic carboxylic acids is 1. The molecule has 0 unspecified atom stereocenters. The molecule has 23 heavy (non-hydrogen) atoms. The second-order valence-electron chi connectivity index (χ2n) is 4.39. The SMILES string of the molecule is O=C(O)c1ccc(-n2nnnc2SSc2ccc(O)cc2)cc1. The molecule has 0 amide bonds. The Labute approximate surface area is 138 Å². The highest BCUT2D eigenvalue weighted by molar-refractivity contribution is 8.76. The Morgan fingerprint density at radius 2 is 1.70 bits per heavy atom. The summed E-state index contributed by atoms with van der Waals surface area (Å²) in [5.41, 5.74) is 0.878. The van der Waals surface area contributed by atoms with Crippen LogP contribution in [0, 0.1) is 0 Å². The molecule has 0 aliphatic rings. The van der Waals surface area contributed by atoms with Crippen molar-refractivity contribution in [2.45, 2.75) is 10.1 Å². The molecule has 116 valence electrons. The van der Waals surface area contributed by atoms with Gasteiger partial charge in [-0.3, -0.25) is 0 Å². The number of hydrogen-bond acceptors (Lipinski definition) is 7. The molecular weight excluding hydrogens is 336 g/mol. The van der Waals surface area contributed by atoms with Crippen LogP contribution < -0.4 is 0 Å². The van der Waals surface area contributed by atoms with E-state index in [-0.39, 0.29) is 11.3 Å². The van der Waals surface area contributed by atoms with Crippen molar-refractivity contribution in [3.63, 3.8) is 0 Å². The number of phenols is 1. The van der Waals surface area contributed by atoms with E-state index in [1.54, 1.807) is 36.4 Å². The van der Waals surface area contributed by atoms with E-state index in [0.29, 0.717) is 10.8 Å². The highest BCUT2D eigenvalue weighted by Crippen LogP contribution is 2.37. The molecule has 2 aromatic carbocycles. The lowest BCUT2D eigenvalue weighted by atomic mass is 10.2. The van der Waals surface area contributed by atoms with Crippen molar-refractivity contribution in [1.29, 1.82) is 0 Å². The van der Waals surface area contributed by atoms with E-state index in [4.69, 9.17) is 5.11 Å². The van der Waals surface area contributed by atoms with Crippen molar-refractivity contribution in [3.05, 3.63) is 54.1 Å². The Bertz CT molecular complexity index is 819. The third kappa shape index (κ3) is 3.63. The zero-order valence-electron chi connectivity index (χ0n) is 11.5. The number of tetrazole rings is 1. The highest BCUT2D eigenvalue weighted by Gasteiger charge is 2.11. The summed E-state index contributed by atoms with van der Waals surface area (Å²) in [5, 5.41) is 30.3. The summed E-state index contributed by atoms with van der Waals surface area (Å²) in [6.45, 7) is 0. The van der Waals surface area contributed by atoms with Crippen LogP contribution in [0.15, 0.2) is 58.6 Å². The van der Waals surface area contributed by atoms with Gasteiger partial charge in [0.2, 0.25) is 5.16 Å². The third-order valence-electron chi connectivity index (χ3n) is 2.85. The van der Waals surface area contributed by atoms with Crippen LogP contribution in [0.2, 0.25) is 0 Å². The molecule has 0 aliphatic heterocycles. The quantitative estimate of drug-likeness (QED) is 0.680. The van der Waals surface area contributed by atoms with Gasteiger partial charge in [0.1, 0.15) is 5.75 Å². The van der Waals surface area contributed by atoms with Gasteiger partial charge in [-0.25, -0.2) is 4.79 Å². The summed E-state index contributed by atoms with van der Waals surface area (Å²) < 4.78 is 1.53. The fourth-order valence-electron chi connectivity index (χ4n) is 1.73. The molecule has 3 aromatic rings. The molecule has 2 N–H and O–H groups in total. The molecule has 3 rings (SSSR count). The van der Waals surface area contributed by atoms with Crippen LogP contribution in [0.3, 0.4) is 0 Å². The predicted molar refractivity (Wildman–Crippen MR) is 85.9 cm³/mol. The number of carboxylic acids is 1. The number of carboxylic acid groups (broad SMARTS) is 1. The van der Waals surface area contributed by atoms with Crippen LogP contribution in [0.1, 0.15) is 10.4 Å². The van der Waals surface area contributed by atoms with E-state index in [2.05, 4.69) is 15.5 Å². The first-order valence-electron chi connectivity index (χ1n) is 6.39. The summed E-state index contributed by atoms with van der Waals surface area (Å²) in [5.74, 6) is -0.770. The molecule has 0 atom stereocenters. The topological polar surface area (TPSA) is 101 Å². The number of phenolic OH excluding ortho intramolecular Hbond substituents is 1. The third-order valence-corrected chi connectivity index (χ3v) is 5.08. The molecule has 0 saturated heterocycles. The standard InChI is InChI=1S/C14H10N4O3S2/c19-11-5-7-12(8-6-11)22-23-14-15-16-17-18(14)10-3-1-9(2-4-10)13(20)21/h1-8,19H,(H,20,21). The summed E-state index contributed by atoms with van der Waals surface area (Å²) >= 11 is 0. The van der Waals surface area contributed by atoms with Gasteiger partial charge in [-0.1, -0.05) is 0 Å². The fraction of sp³-hybridized carbons (Fsp3) is 0. The zero-order chi connectivity index (χ0) is 16.2. The molecule has 1 heterocycles. The molecule has 0 saturated carbocycles. The summed E-state index contributed by atoms with van der Waals surface area (Å²) in [7, 11) is 2.82. The van der Waals surface area contributed by atoms with Gasteiger partial charge in [-0.2, -0.15) is 4.68 Å². The van der Waals surface area contributed by atoms with E-state index < -0.39 is 5.97 Å². The number of aromatic nitrogens is 4. The van der Waals surface area contributed by atoms with Crippen LogP contribution >= 0.6 is 21.6 Å². The maximum absolute atomic E-state index is 10.9. The molecule has 0 fully saturated rings. The van der Waals surface area contributed by atoms with Crippen molar-refractivity contribution in [3.8, 4) is 11.4 Å². The highest BCUT2D eigenvalue weighted by atomic mass is 33.1. The van der Waals surface area contributed by atoms with Crippen LogP contribution in [0.5, 0.6) is 5.75 Å². The lowest BCUT2D eigenvalue weighted by Crippen LogP contribution is -2.00. The average molecular weight is 346 g/mol. The van der Waals surface area contributed by atoms with Crippen LogP contribution in [0.25, 0.3) is 5.69 Å². The number of carbonyl (C=O) groups is 1. The maximum atomic E-state index is 10.9. The van der Waals surface area contributed by atoms with E-state index in [0.717, 1.165) is 4.90 Å². The summed E-state index contributed by atoms with van der Waals surface area (Å²) in [6.07, 6.45) is 0. The molecular formula is C14H10N4O3S2. The molecule has 0 bridgehead atoms. The monoisotopic (exact) mass is 346 g/mol. The summed E-state index contributed by atoms with van der Waals surface area (Å²) in [6, 6.07) is 13.1. The lowest BCUT2D eigenvalue weighted by Gasteiger charge is -2.04. The smallest absolute Gasteiger partial charge is 0.335 e.